The molecule has 0 radical (unpaired) electrons. The minimum absolute atomic E-state index is 0.0226. The van der Waals surface area contributed by atoms with Crippen LogP contribution in [0.1, 0.15) is 23.7 Å². The van der Waals surface area contributed by atoms with Crippen LogP contribution in [0.2, 0.25) is 0 Å². The number of likely N-dealkylation sites (N-methyl/N-ethyl adjacent to an activating group) is 1. The van der Waals surface area contributed by atoms with E-state index in [4.69, 9.17) is 5.73 Å². The molecule has 2 atom stereocenters. The van der Waals surface area contributed by atoms with Crippen molar-refractivity contribution in [2.75, 3.05) is 7.05 Å². The van der Waals surface area contributed by atoms with Gasteiger partial charge in [-0.3, -0.25) is 9.78 Å². The molecule has 0 aliphatic carbocycles. The fraction of sp³-hybridized carbons (Fsp3) is 0.455. The predicted molar refractivity (Wildman–Crippen MR) is 57.1 cm³/mol. The van der Waals surface area contributed by atoms with E-state index in [-0.39, 0.29) is 18.0 Å². The second-order valence-corrected chi connectivity index (χ2v) is 4.05. The smallest absolute Gasteiger partial charge is 0.224 e. The number of nitrogens with zero attached hydrogens (tertiary/aromatic N) is 2. The van der Waals surface area contributed by atoms with E-state index in [2.05, 4.69) is 4.98 Å². The summed E-state index contributed by atoms with van der Waals surface area (Å²) < 4.78 is 0. The molecule has 2 heterocycles. The molecule has 2 N–H and O–H groups in total. The van der Waals surface area contributed by atoms with Crippen LogP contribution in [0.3, 0.4) is 0 Å². The number of hydrogen-bond donors (Lipinski definition) is 1. The first-order valence-electron chi connectivity index (χ1n) is 5.03. The molecule has 1 saturated heterocycles. The minimum Gasteiger partial charge on any atom is -0.337 e. The van der Waals surface area contributed by atoms with Crippen molar-refractivity contribution in [1.29, 1.82) is 0 Å². The van der Waals surface area contributed by atoms with Crippen molar-refractivity contribution in [3.63, 3.8) is 0 Å². The molecule has 1 aliphatic rings. The van der Waals surface area contributed by atoms with Gasteiger partial charge in [-0.2, -0.15) is 0 Å². The summed E-state index contributed by atoms with van der Waals surface area (Å²) in [5.74, 6) is 0.105. The number of nitrogens with two attached hydrogens (primary N) is 1. The first kappa shape index (κ1) is 10.1. The summed E-state index contributed by atoms with van der Waals surface area (Å²) >= 11 is 0. The summed E-state index contributed by atoms with van der Waals surface area (Å²) in [6.07, 6.45) is 2.23. The quantitative estimate of drug-likeness (QED) is 0.731. The third-order valence-corrected chi connectivity index (χ3v) is 2.90. The number of carbonyl (C=O) groups excluding carboxylic acids is 1. The van der Waals surface area contributed by atoms with Crippen molar-refractivity contribution in [3.8, 4) is 0 Å². The zero-order valence-corrected chi connectivity index (χ0v) is 8.97. The molecule has 1 aliphatic heterocycles. The fourth-order valence-electron chi connectivity index (χ4n) is 2.02. The van der Waals surface area contributed by atoms with Crippen LogP contribution in [-0.2, 0) is 4.79 Å². The number of hydrogen-bond acceptors (Lipinski definition) is 3. The van der Waals surface area contributed by atoms with Crippen LogP contribution in [0, 0.1) is 6.92 Å². The molecule has 0 saturated carbocycles. The van der Waals surface area contributed by atoms with E-state index in [9.17, 15) is 4.79 Å². The maximum absolute atomic E-state index is 11.5. The number of rotatable bonds is 1. The number of amides is 1. The van der Waals surface area contributed by atoms with Crippen LogP contribution in [-0.4, -0.2) is 28.9 Å². The highest BCUT2D eigenvalue weighted by atomic mass is 16.2. The summed E-state index contributed by atoms with van der Waals surface area (Å²) in [7, 11) is 1.79. The Bertz CT molecular complexity index is 374. The highest BCUT2D eigenvalue weighted by molar-refractivity contribution is 5.80. The molecule has 80 valence electrons. The predicted octanol–water partition coefficient (Wildman–Crippen LogP) is 0.621. The Morgan fingerprint density at radius 2 is 2.27 bits per heavy atom. The highest BCUT2D eigenvalue weighted by Gasteiger charge is 2.36. The van der Waals surface area contributed by atoms with Crippen LogP contribution in [0.4, 0.5) is 0 Å². The van der Waals surface area contributed by atoms with Gasteiger partial charge in [0.15, 0.2) is 0 Å². The Morgan fingerprint density at radius 1 is 1.53 bits per heavy atom. The molecule has 0 spiro atoms. The first-order valence-corrected chi connectivity index (χ1v) is 5.03. The van der Waals surface area contributed by atoms with Gasteiger partial charge in [0.25, 0.3) is 0 Å². The van der Waals surface area contributed by atoms with E-state index in [0.717, 1.165) is 11.3 Å². The summed E-state index contributed by atoms with van der Waals surface area (Å²) in [5, 5.41) is 0. The van der Waals surface area contributed by atoms with Crippen molar-refractivity contribution in [3.05, 3.63) is 29.6 Å². The molecule has 15 heavy (non-hydrogen) atoms. The maximum Gasteiger partial charge on any atom is 0.224 e. The van der Waals surface area contributed by atoms with Crippen molar-refractivity contribution >= 4 is 5.91 Å². The lowest BCUT2D eigenvalue weighted by molar-refractivity contribution is -0.127. The fourth-order valence-corrected chi connectivity index (χ4v) is 2.02. The second kappa shape index (κ2) is 3.62. The third kappa shape index (κ3) is 1.72. The molecule has 2 rings (SSSR count). The molecule has 0 bridgehead atoms. The van der Waals surface area contributed by atoms with E-state index < -0.39 is 0 Å². The molecule has 4 heteroatoms. The second-order valence-electron chi connectivity index (χ2n) is 4.05. The molecule has 0 aromatic carbocycles. The Hall–Kier alpha value is -1.42. The van der Waals surface area contributed by atoms with Gasteiger partial charge in [-0.25, -0.2) is 0 Å². The van der Waals surface area contributed by atoms with Gasteiger partial charge in [-0.05, 0) is 18.6 Å². The van der Waals surface area contributed by atoms with E-state index in [1.54, 1.807) is 18.1 Å². The molecule has 1 aromatic heterocycles. The van der Waals surface area contributed by atoms with Gasteiger partial charge in [0.05, 0.1) is 6.04 Å². The summed E-state index contributed by atoms with van der Waals surface area (Å²) in [6, 6.07) is 3.79. The van der Waals surface area contributed by atoms with E-state index in [1.807, 2.05) is 19.1 Å². The van der Waals surface area contributed by atoms with Crippen LogP contribution >= 0.6 is 0 Å². The van der Waals surface area contributed by atoms with Crippen LogP contribution in [0.15, 0.2) is 18.3 Å². The maximum atomic E-state index is 11.5. The average molecular weight is 205 g/mol. The number of pyridine rings is 1. The van der Waals surface area contributed by atoms with E-state index >= 15 is 0 Å². The third-order valence-electron chi connectivity index (χ3n) is 2.90. The topological polar surface area (TPSA) is 59.2 Å². The molecule has 0 unspecified atom stereocenters. The zero-order chi connectivity index (χ0) is 11.0. The first-order chi connectivity index (χ1) is 7.09. The van der Waals surface area contributed by atoms with E-state index in [0.29, 0.717) is 6.42 Å². The number of carbonyl (C=O) groups is 1. The SMILES string of the molecule is Cc1ccc([C@H]2[C@H](N)CC(=O)N2C)cn1. The van der Waals surface area contributed by atoms with Crippen LogP contribution < -0.4 is 5.73 Å². The normalized spacial score (nSPS) is 26.1. The van der Waals surface area contributed by atoms with E-state index in [1.165, 1.54) is 0 Å². The standard InChI is InChI=1S/C11H15N3O/c1-7-3-4-8(6-13-7)11-9(12)5-10(15)14(11)2/h3-4,6,9,11H,5,12H2,1-2H3/t9-,11+/m1/s1. The molecular formula is C11H15N3O. The van der Waals surface area contributed by atoms with Crippen molar-refractivity contribution < 1.29 is 4.79 Å². The van der Waals surface area contributed by atoms with Gasteiger partial charge in [-0.15, -0.1) is 0 Å². The lowest BCUT2D eigenvalue weighted by Gasteiger charge is -2.22. The van der Waals surface area contributed by atoms with Gasteiger partial charge < -0.3 is 10.6 Å². The number of aromatic nitrogens is 1. The Kier molecular flexibility index (Phi) is 2.44. The Balaban J connectivity index is 2.30. The Labute approximate surface area is 89.1 Å². The summed E-state index contributed by atoms with van der Waals surface area (Å²) in [5.41, 5.74) is 7.93. The van der Waals surface area contributed by atoms with Crippen molar-refractivity contribution in [1.82, 2.24) is 9.88 Å². The number of likely N-dealkylation sites (tertiary alicyclic amines) is 1. The lowest BCUT2D eigenvalue weighted by atomic mass is 10.0. The Morgan fingerprint density at radius 3 is 2.73 bits per heavy atom. The highest BCUT2D eigenvalue weighted by Crippen LogP contribution is 2.29. The average Bonchev–Trinajstić information content (AvgIpc) is 2.44. The van der Waals surface area contributed by atoms with Gasteiger partial charge >= 0.3 is 0 Å². The lowest BCUT2D eigenvalue weighted by Crippen LogP contribution is -2.30. The number of aryl methyl sites for hydroxylation is 1. The molecule has 1 aromatic rings. The zero-order valence-electron chi connectivity index (χ0n) is 8.97. The molecule has 1 amide bonds. The largest absolute Gasteiger partial charge is 0.337 e. The van der Waals surface area contributed by atoms with Crippen molar-refractivity contribution in [2.45, 2.75) is 25.4 Å². The van der Waals surface area contributed by atoms with Gasteiger partial charge in [0, 0.05) is 31.4 Å². The van der Waals surface area contributed by atoms with Gasteiger partial charge in [0.2, 0.25) is 5.91 Å². The molecular weight excluding hydrogens is 190 g/mol. The monoisotopic (exact) mass is 205 g/mol. The minimum atomic E-state index is -0.119. The van der Waals surface area contributed by atoms with Crippen LogP contribution in [0.5, 0.6) is 0 Å². The molecule has 1 fully saturated rings. The summed E-state index contributed by atoms with van der Waals surface area (Å²) in [6.45, 7) is 1.94. The van der Waals surface area contributed by atoms with Crippen LogP contribution in [0.25, 0.3) is 0 Å². The van der Waals surface area contributed by atoms with Gasteiger partial charge in [0.1, 0.15) is 0 Å². The van der Waals surface area contributed by atoms with Crippen molar-refractivity contribution in [2.24, 2.45) is 5.73 Å². The summed E-state index contributed by atoms with van der Waals surface area (Å²) in [4.78, 5) is 17.4. The van der Waals surface area contributed by atoms with Gasteiger partial charge in [-0.1, -0.05) is 6.07 Å². The molecule has 4 nitrogen and oxygen atoms in total.